The van der Waals surface area contributed by atoms with Crippen LogP contribution in [-0.4, -0.2) is 17.6 Å². The molecule has 0 saturated heterocycles. The Balaban J connectivity index is 2.08. The molecule has 2 rings (SSSR count). The van der Waals surface area contributed by atoms with E-state index in [1.54, 1.807) is 17.4 Å². The molecule has 1 unspecified atom stereocenters. The summed E-state index contributed by atoms with van der Waals surface area (Å²) in [7, 11) is 0. The topological polar surface area (TPSA) is 24.9 Å². The van der Waals surface area contributed by atoms with Crippen LogP contribution in [0.1, 0.15) is 23.2 Å². The van der Waals surface area contributed by atoms with Gasteiger partial charge >= 0.3 is 0 Å². The number of hydrogen-bond donors (Lipinski definition) is 1. The van der Waals surface area contributed by atoms with Crippen LogP contribution in [-0.2, 0) is 12.8 Å². The SMILES string of the molecule is CCNC(Cc1nc(C)cs1)Cc1ccc(F)cc1Cl. The Hall–Kier alpha value is -0.970. The van der Waals surface area contributed by atoms with Crippen molar-refractivity contribution in [3.05, 3.63) is 50.7 Å². The molecule has 1 aromatic heterocycles. The molecule has 0 aliphatic carbocycles. The fourth-order valence-corrected chi connectivity index (χ4v) is 3.26. The van der Waals surface area contributed by atoms with Gasteiger partial charge in [0.1, 0.15) is 5.82 Å². The van der Waals surface area contributed by atoms with Crippen molar-refractivity contribution in [2.45, 2.75) is 32.7 Å². The molecule has 0 amide bonds. The van der Waals surface area contributed by atoms with E-state index in [9.17, 15) is 4.39 Å². The Kier molecular flexibility index (Phi) is 5.52. The molecule has 1 atom stereocenters. The van der Waals surface area contributed by atoms with Crippen molar-refractivity contribution < 1.29 is 4.39 Å². The van der Waals surface area contributed by atoms with Crippen molar-refractivity contribution in [3.8, 4) is 0 Å². The average molecular weight is 313 g/mol. The number of aromatic nitrogens is 1. The molecular formula is C15H18ClFN2S. The number of thiazole rings is 1. The highest BCUT2D eigenvalue weighted by Crippen LogP contribution is 2.20. The number of benzene rings is 1. The summed E-state index contributed by atoms with van der Waals surface area (Å²) in [6.45, 7) is 4.96. The van der Waals surface area contributed by atoms with Crippen molar-refractivity contribution in [1.29, 1.82) is 0 Å². The smallest absolute Gasteiger partial charge is 0.124 e. The third-order valence-corrected chi connectivity index (χ3v) is 4.40. The Labute approximate surface area is 128 Å². The molecule has 1 aromatic carbocycles. The van der Waals surface area contributed by atoms with Gasteiger partial charge in [-0.25, -0.2) is 9.37 Å². The molecule has 0 spiro atoms. The van der Waals surface area contributed by atoms with Crippen molar-refractivity contribution in [2.75, 3.05) is 6.54 Å². The normalized spacial score (nSPS) is 12.6. The van der Waals surface area contributed by atoms with Crippen LogP contribution < -0.4 is 5.32 Å². The van der Waals surface area contributed by atoms with Crippen LogP contribution in [0.15, 0.2) is 23.6 Å². The van der Waals surface area contributed by atoms with Gasteiger partial charge in [0, 0.05) is 28.6 Å². The van der Waals surface area contributed by atoms with Crippen LogP contribution in [0.5, 0.6) is 0 Å². The van der Waals surface area contributed by atoms with Crippen LogP contribution in [0.2, 0.25) is 5.02 Å². The van der Waals surface area contributed by atoms with E-state index in [0.29, 0.717) is 5.02 Å². The van der Waals surface area contributed by atoms with Gasteiger partial charge < -0.3 is 5.32 Å². The second kappa shape index (κ2) is 7.16. The Morgan fingerprint density at radius 3 is 2.80 bits per heavy atom. The van der Waals surface area contributed by atoms with Crippen molar-refractivity contribution in [3.63, 3.8) is 0 Å². The minimum atomic E-state index is -0.297. The van der Waals surface area contributed by atoms with Crippen LogP contribution in [0.25, 0.3) is 0 Å². The molecule has 0 radical (unpaired) electrons. The second-order valence-electron chi connectivity index (χ2n) is 4.78. The molecule has 0 aliphatic heterocycles. The molecule has 5 heteroatoms. The molecule has 0 bridgehead atoms. The molecule has 0 aliphatic rings. The zero-order valence-corrected chi connectivity index (χ0v) is 13.2. The summed E-state index contributed by atoms with van der Waals surface area (Å²) < 4.78 is 13.1. The fourth-order valence-electron chi connectivity index (χ4n) is 2.17. The van der Waals surface area contributed by atoms with Crippen LogP contribution in [0, 0.1) is 12.7 Å². The van der Waals surface area contributed by atoms with Crippen molar-refractivity contribution in [2.24, 2.45) is 0 Å². The highest BCUT2D eigenvalue weighted by Gasteiger charge is 2.14. The third kappa shape index (κ3) is 4.27. The number of aryl methyl sites for hydroxylation is 1. The molecule has 108 valence electrons. The highest BCUT2D eigenvalue weighted by atomic mass is 35.5. The first-order valence-corrected chi connectivity index (χ1v) is 7.92. The summed E-state index contributed by atoms with van der Waals surface area (Å²) in [5.41, 5.74) is 2.02. The first kappa shape index (κ1) is 15.4. The summed E-state index contributed by atoms with van der Waals surface area (Å²) in [6, 6.07) is 4.84. The lowest BCUT2D eigenvalue weighted by molar-refractivity contribution is 0.519. The number of halogens is 2. The molecule has 1 heterocycles. The van der Waals surface area contributed by atoms with Gasteiger partial charge in [0.2, 0.25) is 0 Å². The van der Waals surface area contributed by atoms with E-state index in [-0.39, 0.29) is 11.9 Å². The minimum Gasteiger partial charge on any atom is -0.314 e. The van der Waals surface area contributed by atoms with Gasteiger partial charge in [0.25, 0.3) is 0 Å². The third-order valence-electron chi connectivity index (χ3n) is 3.06. The number of likely N-dealkylation sites (N-methyl/N-ethyl adjacent to an activating group) is 1. The first-order chi connectivity index (χ1) is 9.58. The second-order valence-corrected chi connectivity index (χ2v) is 6.13. The van der Waals surface area contributed by atoms with Crippen molar-refractivity contribution in [1.82, 2.24) is 10.3 Å². The van der Waals surface area contributed by atoms with E-state index in [1.807, 2.05) is 6.92 Å². The molecule has 0 fully saturated rings. The van der Waals surface area contributed by atoms with E-state index in [2.05, 4.69) is 22.6 Å². The number of nitrogens with zero attached hydrogens (tertiary/aromatic N) is 1. The molecular weight excluding hydrogens is 295 g/mol. The lowest BCUT2D eigenvalue weighted by Gasteiger charge is -2.17. The van der Waals surface area contributed by atoms with E-state index < -0.39 is 0 Å². The fraction of sp³-hybridized carbons (Fsp3) is 0.400. The van der Waals surface area contributed by atoms with Gasteiger partial charge in [-0.2, -0.15) is 0 Å². The van der Waals surface area contributed by atoms with Gasteiger partial charge in [-0.05, 0) is 37.6 Å². The quantitative estimate of drug-likeness (QED) is 0.872. The molecule has 20 heavy (non-hydrogen) atoms. The maximum Gasteiger partial charge on any atom is 0.124 e. The molecule has 1 N–H and O–H groups in total. The molecule has 2 nitrogen and oxygen atoms in total. The molecule has 0 saturated carbocycles. The van der Waals surface area contributed by atoms with Gasteiger partial charge in [-0.3, -0.25) is 0 Å². The maximum absolute atomic E-state index is 13.1. The summed E-state index contributed by atoms with van der Waals surface area (Å²) in [5, 5.41) is 7.11. The summed E-state index contributed by atoms with van der Waals surface area (Å²) >= 11 is 7.78. The van der Waals surface area contributed by atoms with Gasteiger partial charge in [0.05, 0.1) is 5.01 Å². The van der Waals surface area contributed by atoms with E-state index in [1.165, 1.54) is 12.1 Å². The number of rotatable bonds is 6. The Bertz CT molecular complexity index is 571. The zero-order valence-electron chi connectivity index (χ0n) is 11.6. The largest absolute Gasteiger partial charge is 0.314 e. The predicted octanol–water partition coefficient (Wildman–Crippen LogP) is 4.01. The van der Waals surface area contributed by atoms with Crippen molar-refractivity contribution >= 4 is 22.9 Å². The van der Waals surface area contributed by atoms with Crippen LogP contribution >= 0.6 is 22.9 Å². The van der Waals surface area contributed by atoms with E-state index >= 15 is 0 Å². The Morgan fingerprint density at radius 2 is 2.20 bits per heavy atom. The summed E-state index contributed by atoms with van der Waals surface area (Å²) in [4.78, 5) is 4.50. The minimum absolute atomic E-state index is 0.258. The van der Waals surface area contributed by atoms with E-state index in [0.717, 1.165) is 35.7 Å². The first-order valence-electron chi connectivity index (χ1n) is 6.66. The van der Waals surface area contributed by atoms with Crippen LogP contribution in [0.4, 0.5) is 4.39 Å². The van der Waals surface area contributed by atoms with Crippen LogP contribution in [0.3, 0.4) is 0 Å². The monoisotopic (exact) mass is 312 g/mol. The Morgan fingerprint density at radius 1 is 1.40 bits per heavy atom. The van der Waals surface area contributed by atoms with E-state index in [4.69, 9.17) is 11.6 Å². The zero-order chi connectivity index (χ0) is 14.5. The average Bonchev–Trinajstić information content (AvgIpc) is 2.78. The summed E-state index contributed by atoms with van der Waals surface area (Å²) in [5.74, 6) is -0.297. The highest BCUT2D eigenvalue weighted by molar-refractivity contribution is 7.09. The summed E-state index contributed by atoms with van der Waals surface area (Å²) in [6.07, 6.45) is 1.63. The molecule has 2 aromatic rings. The number of hydrogen-bond acceptors (Lipinski definition) is 3. The van der Waals surface area contributed by atoms with Gasteiger partial charge in [-0.1, -0.05) is 24.6 Å². The lowest BCUT2D eigenvalue weighted by Crippen LogP contribution is -2.33. The predicted molar refractivity (Wildman–Crippen MR) is 83.1 cm³/mol. The van der Waals surface area contributed by atoms with Gasteiger partial charge in [0.15, 0.2) is 0 Å². The standard InChI is InChI=1S/C15H18ClFN2S/c1-3-18-13(8-15-19-10(2)9-20-15)6-11-4-5-12(17)7-14(11)16/h4-5,7,9,13,18H,3,6,8H2,1-2H3. The lowest BCUT2D eigenvalue weighted by atomic mass is 10.0. The number of nitrogens with one attached hydrogen (secondary N) is 1. The maximum atomic E-state index is 13.1. The van der Waals surface area contributed by atoms with Gasteiger partial charge in [-0.15, -0.1) is 11.3 Å².